The highest BCUT2D eigenvalue weighted by atomic mass is 16.1. The lowest BCUT2D eigenvalue weighted by Gasteiger charge is -2.20. The molecule has 0 aliphatic carbocycles. The number of aromatic nitrogens is 6. The number of primary amides is 1. The standard InChI is InChI=1S/C31H27N7O/c32-30(39)29-25(10-6-14-34-29)26(18-23-19-35-27-11-5-4-9-24(23)27)31-37-36-28(17-21-7-2-1-3-8-21)38(31)20-22-12-15-33-16-13-22/h1-16,19,26,35H,17-18,20H2,(H2,32,39)/t26-/m1/s1. The molecule has 0 saturated heterocycles. The Bertz CT molecular complexity index is 1720. The van der Waals surface area contributed by atoms with Gasteiger partial charge in [0.15, 0.2) is 0 Å². The van der Waals surface area contributed by atoms with Crippen molar-refractivity contribution in [2.24, 2.45) is 5.73 Å². The van der Waals surface area contributed by atoms with Gasteiger partial charge in [-0.3, -0.25) is 14.8 Å². The molecule has 4 heterocycles. The minimum absolute atomic E-state index is 0.241. The second-order valence-corrected chi connectivity index (χ2v) is 9.50. The van der Waals surface area contributed by atoms with Gasteiger partial charge in [0.05, 0.1) is 12.5 Å². The van der Waals surface area contributed by atoms with Gasteiger partial charge in [-0.2, -0.15) is 0 Å². The molecule has 4 aromatic heterocycles. The first-order valence-electron chi connectivity index (χ1n) is 12.8. The van der Waals surface area contributed by atoms with Crippen LogP contribution in [0.15, 0.2) is 104 Å². The van der Waals surface area contributed by atoms with Gasteiger partial charge in [0.25, 0.3) is 5.91 Å². The van der Waals surface area contributed by atoms with Gasteiger partial charge >= 0.3 is 0 Å². The predicted molar refractivity (Wildman–Crippen MR) is 149 cm³/mol. The molecule has 6 rings (SSSR count). The van der Waals surface area contributed by atoms with E-state index < -0.39 is 5.91 Å². The molecular weight excluding hydrogens is 486 g/mol. The van der Waals surface area contributed by atoms with Gasteiger partial charge in [-0.05, 0) is 52.9 Å². The molecular formula is C31H27N7O. The number of nitrogens with zero attached hydrogens (tertiary/aromatic N) is 5. The quantitative estimate of drug-likeness (QED) is 0.292. The summed E-state index contributed by atoms with van der Waals surface area (Å²) in [5, 5.41) is 10.5. The number of carbonyl (C=O) groups excluding carboxylic acids is 1. The second-order valence-electron chi connectivity index (χ2n) is 9.50. The largest absolute Gasteiger partial charge is 0.364 e. The van der Waals surface area contributed by atoms with E-state index in [2.05, 4.69) is 48.9 Å². The third-order valence-corrected chi connectivity index (χ3v) is 7.01. The van der Waals surface area contributed by atoms with E-state index in [-0.39, 0.29) is 11.6 Å². The zero-order chi connectivity index (χ0) is 26.6. The third kappa shape index (κ3) is 5.04. The molecule has 0 aliphatic heterocycles. The first-order chi connectivity index (χ1) is 19.2. The van der Waals surface area contributed by atoms with Crippen molar-refractivity contribution < 1.29 is 4.79 Å². The van der Waals surface area contributed by atoms with Crippen LogP contribution in [0, 0.1) is 0 Å². The van der Waals surface area contributed by atoms with Crippen molar-refractivity contribution in [1.82, 2.24) is 29.7 Å². The highest BCUT2D eigenvalue weighted by Gasteiger charge is 2.28. The Balaban J connectivity index is 1.51. The summed E-state index contributed by atoms with van der Waals surface area (Å²) < 4.78 is 2.15. The molecule has 2 aromatic carbocycles. The van der Waals surface area contributed by atoms with Crippen LogP contribution in [0.1, 0.15) is 50.3 Å². The summed E-state index contributed by atoms with van der Waals surface area (Å²) >= 11 is 0. The van der Waals surface area contributed by atoms with Gasteiger partial charge in [0.2, 0.25) is 0 Å². The maximum atomic E-state index is 12.5. The van der Waals surface area contributed by atoms with E-state index in [0.717, 1.165) is 44.8 Å². The van der Waals surface area contributed by atoms with Gasteiger partial charge in [-0.1, -0.05) is 54.6 Å². The molecule has 0 saturated carbocycles. The Morgan fingerprint density at radius 1 is 0.872 bits per heavy atom. The van der Waals surface area contributed by atoms with E-state index >= 15 is 0 Å². The fourth-order valence-electron chi connectivity index (χ4n) is 5.12. The number of nitrogens with two attached hydrogens (primary N) is 1. The summed E-state index contributed by atoms with van der Waals surface area (Å²) in [5.41, 5.74) is 11.1. The molecule has 0 fully saturated rings. The number of benzene rings is 2. The van der Waals surface area contributed by atoms with Gasteiger partial charge < -0.3 is 15.3 Å². The van der Waals surface area contributed by atoms with Crippen LogP contribution in [0.2, 0.25) is 0 Å². The number of aromatic amines is 1. The molecule has 6 aromatic rings. The predicted octanol–water partition coefficient (Wildman–Crippen LogP) is 4.66. The normalized spacial score (nSPS) is 12.0. The summed E-state index contributed by atoms with van der Waals surface area (Å²) in [6, 6.07) is 26.1. The zero-order valence-corrected chi connectivity index (χ0v) is 21.2. The van der Waals surface area contributed by atoms with Crippen molar-refractivity contribution in [3.63, 3.8) is 0 Å². The monoisotopic (exact) mass is 513 g/mol. The molecule has 1 atom stereocenters. The summed E-state index contributed by atoms with van der Waals surface area (Å²) in [7, 11) is 0. The van der Waals surface area contributed by atoms with Crippen LogP contribution in [0.5, 0.6) is 0 Å². The molecule has 0 radical (unpaired) electrons. The summed E-state index contributed by atoms with van der Waals surface area (Å²) in [6.07, 6.45) is 8.38. The molecule has 1 amide bonds. The van der Waals surface area contributed by atoms with E-state index in [1.54, 1.807) is 18.6 Å². The van der Waals surface area contributed by atoms with Gasteiger partial charge in [0.1, 0.15) is 17.3 Å². The first-order valence-corrected chi connectivity index (χ1v) is 12.8. The first kappa shape index (κ1) is 24.2. The number of amides is 1. The number of H-pyrrole nitrogens is 1. The van der Waals surface area contributed by atoms with Crippen molar-refractivity contribution in [3.05, 3.63) is 143 Å². The highest BCUT2D eigenvalue weighted by Crippen LogP contribution is 2.33. The third-order valence-electron chi connectivity index (χ3n) is 7.01. The minimum Gasteiger partial charge on any atom is -0.364 e. The zero-order valence-electron chi connectivity index (χ0n) is 21.2. The van der Waals surface area contributed by atoms with Crippen LogP contribution >= 0.6 is 0 Å². The molecule has 8 nitrogen and oxygen atoms in total. The lowest BCUT2D eigenvalue weighted by atomic mass is 9.89. The number of hydrogen-bond donors (Lipinski definition) is 2. The van der Waals surface area contributed by atoms with Gasteiger partial charge in [0, 0.05) is 42.1 Å². The number of hydrogen-bond acceptors (Lipinski definition) is 5. The smallest absolute Gasteiger partial charge is 0.267 e. The summed E-state index contributed by atoms with van der Waals surface area (Å²) in [6.45, 7) is 0.559. The van der Waals surface area contributed by atoms with E-state index in [4.69, 9.17) is 10.8 Å². The number of pyridine rings is 2. The molecule has 8 heteroatoms. The summed E-state index contributed by atoms with van der Waals surface area (Å²) in [5.74, 6) is 0.693. The van der Waals surface area contributed by atoms with Crippen molar-refractivity contribution in [2.45, 2.75) is 25.3 Å². The minimum atomic E-state index is -0.570. The number of rotatable bonds is 9. The Labute approximate surface area is 225 Å². The fraction of sp³-hybridized carbons (Fsp3) is 0.129. The molecule has 0 bridgehead atoms. The van der Waals surface area contributed by atoms with Gasteiger partial charge in [-0.25, -0.2) is 0 Å². The molecule has 0 aliphatic rings. The lowest BCUT2D eigenvalue weighted by molar-refractivity contribution is 0.0994. The molecule has 0 spiro atoms. The Kier molecular flexibility index (Phi) is 6.66. The Morgan fingerprint density at radius 3 is 2.49 bits per heavy atom. The van der Waals surface area contributed by atoms with E-state index in [1.165, 1.54) is 0 Å². The van der Waals surface area contributed by atoms with Crippen LogP contribution in [-0.2, 0) is 19.4 Å². The maximum absolute atomic E-state index is 12.5. The van der Waals surface area contributed by atoms with Crippen molar-refractivity contribution in [3.8, 4) is 0 Å². The average Bonchev–Trinajstić information content (AvgIpc) is 3.56. The van der Waals surface area contributed by atoms with Crippen LogP contribution < -0.4 is 5.73 Å². The number of carbonyl (C=O) groups is 1. The van der Waals surface area contributed by atoms with Crippen molar-refractivity contribution in [2.75, 3.05) is 0 Å². The molecule has 192 valence electrons. The van der Waals surface area contributed by atoms with Crippen molar-refractivity contribution >= 4 is 16.8 Å². The maximum Gasteiger partial charge on any atom is 0.267 e. The van der Waals surface area contributed by atoms with Crippen LogP contribution in [0.3, 0.4) is 0 Å². The average molecular weight is 514 g/mol. The SMILES string of the molecule is NC(=O)c1ncccc1[C@@H](Cc1c[nH]c2ccccc12)c1nnc(Cc2ccccc2)n1Cc1ccncc1. The van der Waals surface area contributed by atoms with Crippen LogP contribution in [0.25, 0.3) is 10.9 Å². The second kappa shape index (κ2) is 10.7. The topological polar surface area (TPSA) is 115 Å². The molecule has 39 heavy (non-hydrogen) atoms. The fourth-order valence-corrected chi connectivity index (χ4v) is 5.12. The van der Waals surface area contributed by atoms with Crippen LogP contribution in [-0.4, -0.2) is 35.6 Å². The van der Waals surface area contributed by atoms with E-state index in [9.17, 15) is 4.79 Å². The number of nitrogens with one attached hydrogen (secondary N) is 1. The van der Waals surface area contributed by atoms with Gasteiger partial charge in [-0.15, -0.1) is 10.2 Å². The van der Waals surface area contributed by atoms with E-state index in [0.29, 0.717) is 19.4 Å². The number of fused-ring (bicyclic) bond motifs is 1. The molecule has 3 N–H and O–H groups in total. The molecule has 0 unspecified atom stereocenters. The van der Waals surface area contributed by atoms with Crippen LogP contribution in [0.4, 0.5) is 0 Å². The van der Waals surface area contributed by atoms with Crippen molar-refractivity contribution in [1.29, 1.82) is 0 Å². The Morgan fingerprint density at radius 2 is 1.67 bits per heavy atom. The number of para-hydroxylation sites is 1. The highest BCUT2D eigenvalue weighted by molar-refractivity contribution is 5.92. The summed E-state index contributed by atoms with van der Waals surface area (Å²) in [4.78, 5) is 24.4. The Hall–Kier alpha value is -5.11. The lowest BCUT2D eigenvalue weighted by Crippen LogP contribution is -2.21. The van der Waals surface area contributed by atoms with E-state index in [1.807, 2.05) is 60.8 Å².